The van der Waals surface area contributed by atoms with Gasteiger partial charge < -0.3 is 14.4 Å². The molecule has 0 bridgehead atoms. The summed E-state index contributed by atoms with van der Waals surface area (Å²) < 4.78 is 11.9. The topological polar surface area (TPSA) is 67.9 Å². The van der Waals surface area contributed by atoms with Gasteiger partial charge in [-0.05, 0) is 63.3 Å². The quantitative estimate of drug-likeness (QED) is 0.790. The molecule has 1 spiro atoms. The van der Waals surface area contributed by atoms with Gasteiger partial charge in [0.1, 0.15) is 11.8 Å². The summed E-state index contributed by atoms with van der Waals surface area (Å²) in [5, 5.41) is 2.77. The molecule has 1 heterocycles. The van der Waals surface area contributed by atoms with Crippen molar-refractivity contribution in [3.05, 3.63) is 66.2 Å². The largest absolute Gasteiger partial charge is 0.446 e. The molecular formula is C24H28N2O4. The molecule has 158 valence electrons. The molecule has 2 amide bonds. The molecule has 0 unspecified atom stereocenters. The molecule has 2 aromatic carbocycles. The van der Waals surface area contributed by atoms with E-state index in [2.05, 4.69) is 5.32 Å². The van der Waals surface area contributed by atoms with Crippen LogP contribution in [-0.4, -0.2) is 41.4 Å². The SMILES string of the molecule is C[C@@H]1CO[C@]2(CCC[C@@H](OC(=O)Nc3ccccc3)CC2)N1C(=O)c1ccccc1. The highest BCUT2D eigenvalue weighted by atomic mass is 16.6. The van der Waals surface area contributed by atoms with Crippen LogP contribution < -0.4 is 5.32 Å². The third-order valence-electron chi connectivity index (χ3n) is 5.96. The van der Waals surface area contributed by atoms with Crippen molar-refractivity contribution in [2.75, 3.05) is 11.9 Å². The summed E-state index contributed by atoms with van der Waals surface area (Å²) >= 11 is 0. The average Bonchev–Trinajstić information content (AvgIpc) is 2.95. The van der Waals surface area contributed by atoms with Crippen molar-refractivity contribution in [3.8, 4) is 0 Å². The van der Waals surface area contributed by atoms with Crippen LogP contribution in [0.3, 0.4) is 0 Å². The highest BCUT2D eigenvalue weighted by molar-refractivity contribution is 5.95. The van der Waals surface area contributed by atoms with Crippen LogP contribution >= 0.6 is 0 Å². The van der Waals surface area contributed by atoms with Crippen LogP contribution in [0.25, 0.3) is 0 Å². The lowest BCUT2D eigenvalue weighted by molar-refractivity contribution is -0.0815. The lowest BCUT2D eigenvalue weighted by atomic mass is 10.00. The number of hydrogen-bond donors (Lipinski definition) is 1. The monoisotopic (exact) mass is 408 g/mol. The number of carbonyl (C=O) groups excluding carboxylic acids is 2. The molecule has 4 rings (SSSR count). The summed E-state index contributed by atoms with van der Waals surface area (Å²) in [6.45, 7) is 2.56. The van der Waals surface area contributed by atoms with Crippen molar-refractivity contribution in [3.63, 3.8) is 0 Å². The second kappa shape index (κ2) is 8.88. The van der Waals surface area contributed by atoms with E-state index in [1.54, 1.807) is 0 Å². The minimum absolute atomic E-state index is 0.00166. The van der Waals surface area contributed by atoms with E-state index >= 15 is 0 Å². The minimum atomic E-state index is -0.625. The molecule has 1 saturated carbocycles. The molecule has 30 heavy (non-hydrogen) atoms. The molecule has 2 aromatic rings. The van der Waals surface area contributed by atoms with E-state index in [4.69, 9.17) is 9.47 Å². The van der Waals surface area contributed by atoms with Crippen LogP contribution in [0, 0.1) is 0 Å². The van der Waals surface area contributed by atoms with E-state index in [1.807, 2.05) is 72.5 Å². The highest BCUT2D eigenvalue weighted by Gasteiger charge is 2.49. The van der Waals surface area contributed by atoms with Crippen molar-refractivity contribution >= 4 is 17.7 Å². The van der Waals surface area contributed by atoms with Crippen LogP contribution in [0.1, 0.15) is 49.4 Å². The smallest absolute Gasteiger partial charge is 0.411 e. The zero-order chi connectivity index (χ0) is 21.0. The summed E-state index contributed by atoms with van der Waals surface area (Å²) in [4.78, 5) is 27.5. The number of nitrogens with one attached hydrogen (secondary N) is 1. The maximum Gasteiger partial charge on any atom is 0.411 e. The van der Waals surface area contributed by atoms with Crippen molar-refractivity contribution in [1.29, 1.82) is 0 Å². The second-order valence-corrected chi connectivity index (χ2v) is 8.10. The summed E-state index contributed by atoms with van der Waals surface area (Å²) in [6, 6.07) is 18.6. The summed E-state index contributed by atoms with van der Waals surface area (Å²) in [6.07, 6.45) is 3.01. The van der Waals surface area contributed by atoms with Gasteiger partial charge >= 0.3 is 6.09 Å². The third-order valence-corrected chi connectivity index (χ3v) is 5.96. The van der Waals surface area contributed by atoms with Gasteiger partial charge in [-0.15, -0.1) is 0 Å². The normalized spacial score (nSPS) is 26.2. The molecule has 6 heteroatoms. The Morgan fingerprint density at radius 1 is 1.03 bits per heavy atom. The molecule has 0 aromatic heterocycles. The Balaban J connectivity index is 1.42. The number of benzene rings is 2. The summed E-state index contributed by atoms with van der Waals surface area (Å²) in [5.74, 6) is 0.00166. The van der Waals surface area contributed by atoms with E-state index in [1.165, 1.54) is 0 Å². The van der Waals surface area contributed by atoms with E-state index in [0.29, 0.717) is 30.7 Å². The first-order valence-corrected chi connectivity index (χ1v) is 10.6. The number of carbonyl (C=O) groups is 2. The number of amides is 2. The Labute approximate surface area is 177 Å². The van der Waals surface area contributed by atoms with Crippen LogP contribution in [0.4, 0.5) is 10.5 Å². The summed E-state index contributed by atoms with van der Waals surface area (Å²) in [7, 11) is 0. The molecule has 2 fully saturated rings. The van der Waals surface area contributed by atoms with Gasteiger partial charge in [0.2, 0.25) is 0 Å². The van der Waals surface area contributed by atoms with Crippen molar-refractivity contribution in [2.24, 2.45) is 0 Å². The Morgan fingerprint density at radius 2 is 1.73 bits per heavy atom. The number of nitrogens with zero attached hydrogens (tertiary/aromatic N) is 1. The average molecular weight is 408 g/mol. The molecule has 1 N–H and O–H groups in total. The Hall–Kier alpha value is -2.86. The van der Waals surface area contributed by atoms with Crippen molar-refractivity contribution in [1.82, 2.24) is 4.90 Å². The van der Waals surface area contributed by atoms with Crippen molar-refractivity contribution in [2.45, 2.75) is 56.9 Å². The van der Waals surface area contributed by atoms with Gasteiger partial charge in [0.05, 0.1) is 12.6 Å². The minimum Gasteiger partial charge on any atom is -0.446 e. The zero-order valence-electron chi connectivity index (χ0n) is 17.3. The van der Waals surface area contributed by atoms with Gasteiger partial charge in [0, 0.05) is 11.3 Å². The number of rotatable bonds is 3. The molecule has 6 nitrogen and oxygen atoms in total. The fraction of sp³-hybridized carbons (Fsp3) is 0.417. The standard InChI is InChI=1S/C24H28N2O4/c1-18-17-29-24(26(18)22(27)19-9-4-2-5-10-19)15-8-13-21(14-16-24)30-23(28)25-20-11-6-3-7-12-20/h2-7,9-12,18,21H,8,13-17H2,1H3,(H,25,28)/t18-,21-,24+/m1/s1. The van der Waals surface area contributed by atoms with Gasteiger partial charge in [-0.1, -0.05) is 36.4 Å². The Kier molecular flexibility index (Phi) is 6.04. The molecule has 1 saturated heterocycles. The van der Waals surface area contributed by atoms with Crippen LogP contribution in [-0.2, 0) is 9.47 Å². The third kappa shape index (κ3) is 4.33. The molecule has 0 radical (unpaired) electrons. The predicted octanol–water partition coefficient (Wildman–Crippen LogP) is 4.83. The van der Waals surface area contributed by atoms with E-state index in [0.717, 1.165) is 19.3 Å². The number of ether oxygens (including phenoxy) is 2. The van der Waals surface area contributed by atoms with Gasteiger partial charge in [0.15, 0.2) is 0 Å². The summed E-state index contributed by atoms with van der Waals surface area (Å²) in [5.41, 5.74) is 0.758. The number of para-hydroxylation sites is 1. The lowest BCUT2D eigenvalue weighted by Gasteiger charge is -2.38. The Morgan fingerprint density at radius 3 is 2.47 bits per heavy atom. The maximum atomic E-state index is 13.3. The molecule has 2 aliphatic rings. The fourth-order valence-electron chi connectivity index (χ4n) is 4.51. The first-order valence-electron chi connectivity index (χ1n) is 10.6. The van der Waals surface area contributed by atoms with Crippen LogP contribution in [0.2, 0.25) is 0 Å². The fourth-order valence-corrected chi connectivity index (χ4v) is 4.51. The molecule has 3 atom stereocenters. The highest BCUT2D eigenvalue weighted by Crippen LogP contribution is 2.41. The van der Waals surface area contributed by atoms with E-state index < -0.39 is 11.8 Å². The molecule has 1 aliphatic heterocycles. The van der Waals surface area contributed by atoms with Gasteiger partial charge in [-0.3, -0.25) is 10.1 Å². The number of anilines is 1. The van der Waals surface area contributed by atoms with Crippen LogP contribution in [0.15, 0.2) is 60.7 Å². The zero-order valence-corrected chi connectivity index (χ0v) is 17.3. The van der Waals surface area contributed by atoms with E-state index in [-0.39, 0.29) is 18.1 Å². The van der Waals surface area contributed by atoms with Gasteiger partial charge in [0.25, 0.3) is 5.91 Å². The number of hydrogen-bond acceptors (Lipinski definition) is 4. The predicted molar refractivity (Wildman–Crippen MR) is 114 cm³/mol. The van der Waals surface area contributed by atoms with E-state index in [9.17, 15) is 9.59 Å². The van der Waals surface area contributed by atoms with Gasteiger partial charge in [-0.25, -0.2) is 4.79 Å². The molecular weight excluding hydrogens is 380 g/mol. The van der Waals surface area contributed by atoms with Crippen molar-refractivity contribution < 1.29 is 19.1 Å². The Bertz CT molecular complexity index is 873. The first kappa shape index (κ1) is 20.4. The van der Waals surface area contributed by atoms with Crippen LogP contribution in [0.5, 0.6) is 0 Å². The molecule has 1 aliphatic carbocycles. The second-order valence-electron chi connectivity index (χ2n) is 8.10. The maximum absolute atomic E-state index is 13.3. The first-order chi connectivity index (χ1) is 14.6. The lowest BCUT2D eigenvalue weighted by Crippen LogP contribution is -2.50. The van der Waals surface area contributed by atoms with Gasteiger partial charge in [-0.2, -0.15) is 0 Å².